The van der Waals surface area contributed by atoms with Crippen molar-refractivity contribution in [3.05, 3.63) is 62.5 Å². The molecule has 2 aromatic rings. The fourth-order valence-electron chi connectivity index (χ4n) is 5.56. The summed E-state index contributed by atoms with van der Waals surface area (Å²) in [7, 11) is -2.41. The van der Waals surface area contributed by atoms with Crippen molar-refractivity contribution >= 4 is 50.7 Å². The van der Waals surface area contributed by atoms with Gasteiger partial charge >= 0.3 is 11.9 Å². The van der Waals surface area contributed by atoms with E-state index in [1.54, 1.807) is 18.5 Å². The van der Waals surface area contributed by atoms with E-state index in [0.29, 0.717) is 34.9 Å². The maximum absolute atomic E-state index is 13.9. The van der Waals surface area contributed by atoms with Crippen molar-refractivity contribution in [1.29, 1.82) is 0 Å². The standard InChI is InChI=1S/C26H28ClFN4O6S2/c1-26(25(34)35)12-16(13-26)40(36,37)32-8-5-14(6-9-32)20-19(24(33)38-2)21(17-4-3-15(28)11-18(17)27)31-22(30-20)23-29-7-10-39-23/h3-4,7,10-11,14,16,21H,5-6,8-9,12-13H2,1-2H3,(H,30,31)(H,34,35)/t16-,21?,26+. The highest BCUT2D eigenvalue weighted by atomic mass is 35.5. The number of carboxylic acid groups (broad SMARTS) is 1. The molecule has 1 aromatic carbocycles. The van der Waals surface area contributed by atoms with Gasteiger partial charge in [-0.3, -0.25) is 9.79 Å². The molecule has 40 heavy (non-hydrogen) atoms. The van der Waals surface area contributed by atoms with Crippen molar-refractivity contribution in [2.45, 2.75) is 43.9 Å². The molecule has 1 unspecified atom stereocenters. The predicted octanol–water partition coefficient (Wildman–Crippen LogP) is 3.75. The Hall–Kier alpha value is -2.87. The number of allylic oxidation sites excluding steroid dienone is 1. The van der Waals surface area contributed by atoms with Crippen molar-refractivity contribution in [3.8, 4) is 0 Å². The molecule has 2 aliphatic heterocycles. The number of amidine groups is 1. The summed E-state index contributed by atoms with van der Waals surface area (Å²) >= 11 is 7.76. The molecule has 0 amide bonds. The Bertz CT molecular complexity index is 1500. The summed E-state index contributed by atoms with van der Waals surface area (Å²) < 4.78 is 46.9. The second-order valence-corrected chi connectivity index (χ2v) is 14.0. The number of hydrogen-bond donors (Lipinski definition) is 2. The zero-order valence-electron chi connectivity index (χ0n) is 21.8. The van der Waals surface area contributed by atoms with Gasteiger partial charge in [-0.05, 0) is 44.7 Å². The molecule has 3 heterocycles. The number of sulfonamides is 1. The van der Waals surface area contributed by atoms with Gasteiger partial charge in [0.05, 0.1) is 23.3 Å². The number of carboxylic acids is 1. The first kappa shape index (κ1) is 28.7. The Morgan fingerprint density at radius 2 is 1.98 bits per heavy atom. The summed E-state index contributed by atoms with van der Waals surface area (Å²) in [6.45, 7) is 1.98. The summed E-state index contributed by atoms with van der Waals surface area (Å²) in [5.41, 5.74) is 0.151. The number of hydrogen-bond acceptors (Lipinski definition) is 9. The number of halogens is 2. The maximum Gasteiger partial charge on any atom is 0.338 e. The lowest BCUT2D eigenvalue weighted by molar-refractivity contribution is -0.152. The molecule has 2 fully saturated rings. The first-order valence-corrected chi connectivity index (χ1v) is 15.4. The van der Waals surface area contributed by atoms with Gasteiger partial charge in [-0.1, -0.05) is 17.7 Å². The Labute approximate surface area is 240 Å². The molecular weight excluding hydrogens is 583 g/mol. The Kier molecular flexibility index (Phi) is 7.77. The highest BCUT2D eigenvalue weighted by molar-refractivity contribution is 7.89. The van der Waals surface area contributed by atoms with Crippen LogP contribution < -0.4 is 5.32 Å². The van der Waals surface area contributed by atoms with Crippen LogP contribution in [0.15, 0.2) is 46.0 Å². The van der Waals surface area contributed by atoms with E-state index < -0.39 is 44.5 Å². The number of carbonyl (C=O) groups excluding carboxylic acids is 1. The van der Waals surface area contributed by atoms with Gasteiger partial charge < -0.3 is 15.2 Å². The number of aliphatic carboxylic acids is 1. The minimum atomic E-state index is -3.67. The van der Waals surface area contributed by atoms with E-state index in [2.05, 4.69) is 10.3 Å². The monoisotopic (exact) mass is 610 g/mol. The highest BCUT2D eigenvalue weighted by Gasteiger charge is 2.53. The Morgan fingerprint density at radius 3 is 2.55 bits per heavy atom. The number of thiazole rings is 1. The first-order chi connectivity index (χ1) is 18.9. The number of aliphatic imine (C=N–C) groups is 1. The van der Waals surface area contributed by atoms with Crippen LogP contribution in [0.4, 0.5) is 4.39 Å². The second kappa shape index (κ2) is 10.8. The Morgan fingerprint density at radius 1 is 1.27 bits per heavy atom. The second-order valence-electron chi connectivity index (χ2n) is 10.4. The van der Waals surface area contributed by atoms with Crippen LogP contribution in [0.25, 0.3) is 0 Å². The van der Waals surface area contributed by atoms with E-state index in [0.717, 1.165) is 6.07 Å². The third kappa shape index (κ3) is 5.15. The minimum absolute atomic E-state index is 0.0809. The van der Waals surface area contributed by atoms with Crippen LogP contribution in [0.5, 0.6) is 0 Å². The van der Waals surface area contributed by atoms with Gasteiger partial charge in [0, 0.05) is 46.9 Å². The van der Waals surface area contributed by atoms with Crippen molar-refractivity contribution < 1.29 is 32.2 Å². The quantitative estimate of drug-likeness (QED) is 0.452. The molecular formula is C26H28ClFN4O6S2. The summed E-state index contributed by atoms with van der Waals surface area (Å²) in [6, 6.07) is 2.98. The van der Waals surface area contributed by atoms with Crippen molar-refractivity contribution in [2.24, 2.45) is 16.3 Å². The average Bonchev–Trinajstić information content (AvgIpc) is 3.45. The predicted molar refractivity (Wildman–Crippen MR) is 147 cm³/mol. The van der Waals surface area contributed by atoms with Crippen LogP contribution in [0, 0.1) is 17.2 Å². The number of ether oxygens (including phenoxy) is 1. The van der Waals surface area contributed by atoms with Gasteiger partial charge in [0.25, 0.3) is 0 Å². The molecule has 14 heteroatoms. The molecule has 1 saturated carbocycles. The van der Waals surface area contributed by atoms with Crippen molar-refractivity contribution in [2.75, 3.05) is 20.2 Å². The number of piperidine rings is 1. The summed E-state index contributed by atoms with van der Waals surface area (Å²) in [4.78, 5) is 33.7. The summed E-state index contributed by atoms with van der Waals surface area (Å²) in [5.74, 6) is -1.98. The van der Waals surface area contributed by atoms with Gasteiger partial charge in [0.15, 0.2) is 10.8 Å². The van der Waals surface area contributed by atoms with Gasteiger partial charge in [-0.25, -0.2) is 26.9 Å². The molecule has 10 nitrogen and oxygen atoms in total. The minimum Gasteiger partial charge on any atom is -0.481 e. The number of rotatable bonds is 7. The SMILES string of the molecule is COC(=O)C1=C(C2CCN(S(=O)(=O)[C@H]3C[C@@](C)(C(=O)O)C3)CC2)NC(c2nccs2)=NC1c1ccc(F)cc1Cl. The lowest BCUT2D eigenvalue weighted by Crippen LogP contribution is -2.54. The number of benzene rings is 1. The van der Waals surface area contributed by atoms with Crippen molar-refractivity contribution in [3.63, 3.8) is 0 Å². The van der Waals surface area contributed by atoms with Crippen LogP contribution >= 0.6 is 22.9 Å². The molecule has 0 radical (unpaired) electrons. The largest absolute Gasteiger partial charge is 0.481 e. The van der Waals surface area contributed by atoms with Gasteiger partial charge in [-0.15, -0.1) is 11.3 Å². The van der Waals surface area contributed by atoms with Crippen LogP contribution in [-0.4, -0.2) is 66.0 Å². The number of aromatic nitrogens is 1. The van der Waals surface area contributed by atoms with E-state index in [1.165, 1.54) is 34.9 Å². The average molecular weight is 611 g/mol. The highest BCUT2D eigenvalue weighted by Crippen LogP contribution is 2.46. The number of methoxy groups -OCH3 is 1. The fraction of sp³-hybridized carbons (Fsp3) is 0.462. The lowest BCUT2D eigenvalue weighted by atomic mass is 9.70. The molecule has 0 spiro atoms. The molecule has 1 aliphatic carbocycles. The molecule has 1 aromatic heterocycles. The zero-order valence-corrected chi connectivity index (χ0v) is 24.2. The van der Waals surface area contributed by atoms with Crippen LogP contribution in [0.2, 0.25) is 5.02 Å². The van der Waals surface area contributed by atoms with Gasteiger partial charge in [0.2, 0.25) is 10.0 Å². The van der Waals surface area contributed by atoms with E-state index in [9.17, 15) is 27.5 Å². The van der Waals surface area contributed by atoms with Crippen LogP contribution in [-0.2, 0) is 24.3 Å². The summed E-state index contributed by atoms with van der Waals surface area (Å²) in [6.07, 6.45) is 2.59. The normalized spacial score (nSPS) is 26.1. The smallest absolute Gasteiger partial charge is 0.338 e. The van der Waals surface area contributed by atoms with Gasteiger partial charge in [-0.2, -0.15) is 0 Å². The molecule has 1 atom stereocenters. The van der Waals surface area contributed by atoms with Crippen LogP contribution in [0.1, 0.15) is 49.2 Å². The van der Waals surface area contributed by atoms with E-state index in [1.807, 2.05) is 0 Å². The van der Waals surface area contributed by atoms with Crippen LogP contribution in [0.3, 0.4) is 0 Å². The number of nitrogens with one attached hydrogen (secondary N) is 1. The third-order valence-corrected chi connectivity index (χ3v) is 11.3. The first-order valence-electron chi connectivity index (χ1n) is 12.7. The zero-order chi connectivity index (χ0) is 28.8. The number of esters is 1. The number of carbonyl (C=O) groups is 2. The molecule has 5 rings (SSSR count). The molecule has 1 saturated heterocycles. The fourth-order valence-corrected chi connectivity index (χ4v) is 8.72. The topological polar surface area (TPSA) is 138 Å². The number of nitrogens with zero attached hydrogens (tertiary/aromatic N) is 3. The van der Waals surface area contributed by atoms with E-state index in [-0.39, 0.29) is 42.4 Å². The molecule has 214 valence electrons. The van der Waals surface area contributed by atoms with Gasteiger partial charge in [0.1, 0.15) is 11.9 Å². The third-order valence-electron chi connectivity index (χ3n) is 7.89. The summed E-state index contributed by atoms with van der Waals surface area (Å²) in [5, 5.41) is 14.4. The lowest BCUT2D eigenvalue weighted by Gasteiger charge is -2.44. The molecule has 0 bridgehead atoms. The van der Waals surface area contributed by atoms with Crippen molar-refractivity contribution in [1.82, 2.24) is 14.6 Å². The molecule has 3 aliphatic rings. The molecule has 2 N–H and O–H groups in total. The van der Waals surface area contributed by atoms with E-state index >= 15 is 0 Å². The Balaban J connectivity index is 1.45. The maximum atomic E-state index is 13.9. The van der Waals surface area contributed by atoms with E-state index in [4.69, 9.17) is 21.3 Å².